The summed E-state index contributed by atoms with van der Waals surface area (Å²) < 4.78 is 12.1. The molecule has 2 aromatic rings. The summed E-state index contributed by atoms with van der Waals surface area (Å²) in [6.45, 7) is 0. The lowest BCUT2D eigenvalue weighted by Gasteiger charge is -2.08. The van der Waals surface area contributed by atoms with Crippen LogP contribution in [0.1, 0.15) is 0 Å². The van der Waals surface area contributed by atoms with Crippen molar-refractivity contribution in [2.75, 3.05) is 11.1 Å². The van der Waals surface area contributed by atoms with Crippen molar-refractivity contribution < 1.29 is 9.00 Å². The number of halogens is 3. The number of carbonyl (C=O) groups excluding carboxylic acids is 1. The van der Waals surface area contributed by atoms with Crippen LogP contribution in [0.2, 0.25) is 15.1 Å². The van der Waals surface area contributed by atoms with E-state index < -0.39 is 16.7 Å². The monoisotopic (exact) mass is 361 g/mol. The minimum atomic E-state index is -1.52. The average Bonchev–Trinajstić information content (AvgIpc) is 2.42. The Hall–Kier alpha value is -1.07. The Kier molecular flexibility index (Phi) is 5.65. The number of hydrogen-bond acceptors (Lipinski definition) is 2. The Labute approximate surface area is 139 Å². The molecule has 2 rings (SSSR count). The summed E-state index contributed by atoms with van der Waals surface area (Å²) in [6.07, 6.45) is 0. The van der Waals surface area contributed by atoms with E-state index in [0.29, 0.717) is 25.7 Å². The van der Waals surface area contributed by atoms with Crippen molar-refractivity contribution in [2.45, 2.75) is 4.90 Å². The second kappa shape index (κ2) is 7.27. The summed E-state index contributed by atoms with van der Waals surface area (Å²) >= 11 is 17.7. The zero-order valence-electron chi connectivity index (χ0n) is 10.6. The molecule has 1 unspecified atom stereocenters. The normalized spacial score (nSPS) is 12.0. The molecule has 0 aliphatic rings. The van der Waals surface area contributed by atoms with E-state index in [9.17, 15) is 9.00 Å². The van der Waals surface area contributed by atoms with E-state index in [1.165, 1.54) is 6.07 Å². The van der Waals surface area contributed by atoms with Crippen molar-refractivity contribution in [3.63, 3.8) is 0 Å². The highest BCUT2D eigenvalue weighted by Crippen LogP contribution is 2.25. The highest BCUT2D eigenvalue weighted by atomic mass is 35.5. The number of carbonyl (C=O) groups is 1. The van der Waals surface area contributed by atoms with Gasteiger partial charge in [-0.15, -0.1) is 0 Å². The molecule has 7 heteroatoms. The summed E-state index contributed by atoms with van der Waals surface area (Å²) in [6, 6.07) is 11.4. The summed E-state index contributed by atoms with van der Waals surface area (Å²) in [5, 5.41) is 3.75. The lowest BCUT2D eigenvalue weighted by atomic mass is 10.3. The Morgan fingerprint density at radius 2 is 1.76 bits per heavy atom. The number of anilines is 1. The maximum atomic E-state index is 12.1. The van der Waals surface area contributed by atoms with Gasteiger partial charge in [0.2, 0.25) is 5.91 Å². The molecule has 2 aromatic carbocycles. The van der Waals surface area contributed by atoms with Crippen molar-refractivity contribution in [3.8, 4) is 0 Å². The van der Waals surface area contributed by atoms with Crippen LogP contribution in [-0.4, -0.2) is 15.9 Å². The second-order valence-electron chi connectivity index (χ2n) is 4.09. The van der Waals surface area contributed by atoms with Crippen LogP contribution in [0.25, 0.3) is 0 Å². The summed E-state index contributed by atoms with van der Waals surface area (Å²) in [4.78, 5) is 12.3. The Balaban J connectivity index is 2.05. The summed E-state index contributed by atoms with van der Waals surface area (Å²) in [5.74, 6) is -0.625. The van der Waals surface area contributed by atoms with Gasteiger partial charge in [0.15, 0.2) is 0 Å². The van der Waals surface area contributed by atoms with Crippen molar-refractivity contribution in [2.24, 2.45) is 0 Å². The molecule has 1 amide bonds. The minimum Gasteiger partial charge on any atom is -0.324 e. The minimum absolute atomic E-state index is 0.206. The molecule has 0 bridgehead atoms. The van der Waals surface area contributed by atoms with E-state index in [-0.39, 0.29) is 5.75 Å². The van der Waals surface area contributed by atoms with Crippen LogP contribution in [0, 0.1) is 0 Å². The zero-order chi connectivity index (χ0) is 15.4. The van der Waals surface area contributed by atoms with E-state index in [4.69, 9.17) is 34.8 Å². The number of rotatable bonds is 4. The predicted molar refractivity (Wildman–Crippen MR) is 87.8 cm³/mol. The van der Waals surface area contributed by atoms with Gasteiger partial charge in [-0.25, -0.2) is 0 Å². The molecular formula is C14H10Cl3NO2S. The van der Waals surface area contributed by atoms with Crippen LogP contribution in [0.4, 0.5) is 5.69 Å². The predicted octanol–water partition coefficient (Wildman–Crippen LogP) is 4.39. The molecule has 1 atom stereocenters. The highest BCUT2D eigenvalue weighted by molar-refractivity contribution is 7.86. The maximum Gasteiger partial charge on any atom is 0.237 e. The van der Waals surface area contributed by atoms with Gasteiger partial charge in [0.25, 0.3) is 0 Å². The third kappa shape index (κ3) is 4.45. The third-order valence-corrected chi connectivity index (χ3v) is 4.91. The van der Waals surface area contributed by atoms with Gasteiger partial charge in [-0.2, -0.15) is 0 Å². The van der Waals surface area contributed by atoms with Gasteiger partial charge in [0.05, 0.1) is 31.4 Å². The number of benzene rings is 2. The Morgan fingerprint density at radius 3 is 2.43 bits per heavy atom. The Bertz CT molecular complexity index is 706. The van der Waals surface area contributed by atoms with Crippen molar-refractivity contribution in [1.82, 2.24) is 0 Å². The van der Waals surface area contributed by atoms with E-state index >= 15 is 0 Å². The molecule has 0 aliphatic heterocycles. The average molecular weight is 363 g/mol. The molecule has 0 radical (unpaired) electrons. The molecule has 0 aliphatic carbocycles. The Morgan fingerprint density at radius 1 is 1.05 bits per heavy atom. The first kappa shape index (κ1) is 16.3. The van der Waals surface area contributed by atoms with E-state index in [1.807, 2.05) is 0 Å². The van der Waals surface area contributed by atoms with Gasteiger partial charge in [-0.3, -0.25) is 9.00 Å². The van der Waals surface area contributed by atoms with E-state index in [1.54, 1.807) is 36.4 Å². The molecule has 0 heterocycles. The van der Waals surface area contributed by atoms with Crippen molar-refractivity contribution >= 4 is 57.2 Å². The van der Waals surface area contributed by atoms with Crippen LogP contribution in [0.5, 0.6) is 0 Å². The molecular weight excluding hydrogens is 353 g/mol. The number of nitrogens with one attached hydrogen (secondary N) is 1. The van der Waals surface area contributed by atoms with E-state index in [0.717, 1.165) is 0 Å². The molecule has 3 nitrogen and oxygen atoms in total. The van der Waals surface area contributed by atoms with Gasteiger partial charge in [0.1, 0.15) is 5.75 Å². The lowest BCUT2D eigenvalue weighted by Crippen LogP contribution is -2.19. The first-order valence-electron chi connectivity index (χ1n) is 5.85. The largest absolute Gasteiger partial charge is 0.324 e. The van der Waals surface area contributed by atoms with Crippen LogP contribution >= 0.6 is 34.8 Å². The second-order valence-corrected chi connectivity index (χ2v) is 6.76. The zero-order valence-corrected chi connectivity index (χ0v) is 13.7. The molecule has 0 spiro atoms. The molecule has 0 fully saturated rings. The molecule has 0 aromatic heterocycles. The quantitative estimate of drug-likeness (QED) is 0.876. The smallest absolute Gasteiger partial charge is 0.237 e. The fourth-order valence-electron chi connectivity index (χ4n) is 1.60. The molecule has 110 valence electrons. The molecule has 0 saturated heterocycles. The van der Waals surface area contributed by atoms with Gasteiger partial charge in [-0.1, -0.05) is 46.9 Å². The third-order valence-electron chi connectivity index (χ3n) is 2.55. The van der Waals surface area contributed by atoms with Crippen molar-refractivity contribution in [1.29, 1.82) is 0 Å². The van der Waals surface area contributed by atoms with Crippen LogP contribution in [0.3, 0.4) is 0 Å². The summed E-state index contributed by atoms with van der Waals surface area (Å²) in [5.41, 5.74) is 0.419. The molecule has 21 heavy (non-hydrogen) atoms. The van der Waals surface area contributed by atoms with Gasteiger partial charge in [-0.05, 0) is 30.3 Å². The number of hydrogen-bond donors (Lipinski definition) is 1. The van der Waals surface area contributed by atoms with Crippen molar-refractivity contribution in [3.05, 3.63) is 57.5 Å². The van der Waals surface area contributed by atoms with E-state index in [2.05, 4.69) is 5.32 Å². The first-order valence-corrected chi connectivity index (χ1v) is 8.30. The lowest BCUT2D eigenvalue weighted by molar-refractivity contribution is -0.113. The van der Waals surface area contributed by atoms with Gasteiger partial charge >= 0.3 is 0 Å². The van der Waals surface area contributed by atoms with Crippen LogP contribution < -0.4 is 5.32 Å². The fraction of sp³-hybridized carbons (Fsp3) is 0.0714. The first-order chi connectivity index (χ1) is 9.97. The highest BCUT2D eigenvalue weighted by Gasteiger charge is 2.14. The standard InChI is InChI=1S/C14H10Cl3NO2S/c15-9-5-6-12(11(17)7-9)18-14(19)8-21(20)13-4-2-1-3-10(13)16/h1-7H,8H2,(H,18,19). The fourth-order valence-corrected chi connectivity index (χ4v) is 3.43. The van der Waals surface area contributed by atoms with Crippen LogP contribution in [0.15, 0.2) is 47.4 Å². The number of amides is 1. The molecule has 0 saturated carbocycles. The van der Waals surface area contributed by atoms with Gasteiger partial charge < -0.3 is 5.32 Å². The maximum absolute atomic E-state index is 12.1. The molecule has 1 N–H and O–H groups in total. The van der Waals surface area contributed by atoms with Gasteiger partial charge in [0, 0.05) is 5.02 Å². The topological polar surface area (TPSA) is 46.2 Å². The SMILES string of the molecule is O=C(CS(=O)c1ccccc1Cl)Nc1ccc(Cl)cc1Cl. The van der Waals surface area contributed by atoms with Crippen LogP contribution in [-0.2, 0) is 15.6 Å². The summed E-state index contributed by atoms with van der Waals surface area (Å²) in [7, 11) is -1.52.